The van der Waals surface area contributed by atoms with Crippen molar-refractivity contribution in [2.75, 3.05) is 26.7 Å². The van der Waals surface area contributed by atoms with Gasteiger partial charge in [-0.2, -0.15) is 0 Å². The molecule has 2 N–H and O–H groups in total. The standard InChI is InChI=1S/C15H16N4O5/c1-18(7-13(22)23)12(21)8-24-10-4-2-3-9-5-19-6-11(20)16-15(19)17-14(9)10/h2-4H,5-8H2,1H3,(H,22,23)(H,16,17,20). The first-order valence-corrected chi connectivity index (χ1v) is 7.28. The van der Waals surface area contributed by atoms with Crippen molar-refractivity contribution in [2.45, 2.75) is 6.54 Å². The van der Waals surface area contributed by atoms with Crippen LogP contribution in [0.15, 0.2) is 23.2 Å². The monoisotopic (exact) mass is 332 g/mol. The molecule has 3 rings (SSSR count). The van der Waals surface area contributed by atoms with Crippen LogP contribution in [-0.4, -0.2) is 65.4 Å². The van der Waals surface area contributed by atoms with Gasteiger partial charge in [0.05, 0.1) is 0 Å². The molecule has 2 amide bonds. The van der Waals surface area contributed by atoms with Crippen LogP contribution in [0.25, 0.3) is 0 Å². The van der Waals surface area contributed by atoms with Crippen molar-refractivity contribution >= 4 is 29.4 Å². The lowest BCUT2D eigenvalue weighted by Crippen LogP contribution is -2.35. The number of carbonyl (C=O) groups excluding carboxylic acids is 2. The van der Waals surface area contributed by atoms with Gasteiger partial charge in [0.25, 0.3) is 5.91 Å². The van der Waals surface area contributed by atoms with Crippen LogP contribution in [0.5, 0.6) is 5.75 Å². The minimum absolute atomic E-state index is 0.116. The van der Waals surface area contributed by atoms with E-state index in [1.165, 1.54) is 7.05 Å². The number of carbonyl (C=O) groups is 3. The van der Waals surface area contributed by atoms with Crippen molar-refractivity contribution in [2.24, 2.45) is 4.99 Å². The molecule has 0 spiro atoms. The third-order valence-corrected chi connectivity index (χ3v) is 3.70. The molecule has 0 bridgehead atoms. The fraction of sp³-hybridized carbons (Fsp3) is 0.333. The lowest BCUT2D eigenvalue weighted by Gasteiger charge is -2.24. The summed E-state index contributed by atoms with van der Waals surface area (Å²) in [5.41, 5.74) is 1.46. The summed E-state index contributed by atoms with van der Waals surface area (Å²) in [6.07, 6.45) is 0. The fourth-order valence-corrected chi connectivity index (χ4v) is 2.51. The number of nitrogens with one attached hydrogen (secondary N) is 1. The maximum atomic E-state index is 11.9. The van der Waals surface area contributed by atoms with Gasteiger partial charge in [0.15, 0.2) is 6.61 Å². The molecule has 0 aliphatic carbocycles. The maximum Gasteiger partial charge on any atom is 0.323 e. The molecule has 0 atom stereocenters. The summed E-state index contributed by atoms with van der Waals surface area (Å²) in [5, 5.41) is 11.4. The number of likely N-dealkylation sites (N-methyl/N-ethyl adjacent to an activating group) is 1. The number of guanidine groups is 1. The smallest absolute Gasteiger partial charge is 0.323 e. The van der Waals surface area contributed by atoms with E-state index in [2.05, 4.69) is 10.3 Å². The van der Waals surface area contributed by atoms with Gasteiger partial charge >= 0.3 is 5.97 Å². The molecule has 24 heavy (non-hydrogen) atoms. The average molecular weight is 332 g/mol. The zero-order valence-electron chi connectivity index (χ0n) is 13.0. The summed E-state index contributed by atoms with van der Waals surface area (Å²) < 4.78 is 5.52. The van der Waals surface area contributed by atoms with Crippen LogP contribution in [0.2, 0.25) is 0 Å². The first-order valence-electron chi connectivity index (χ1n) is 7.28. The third-order valence-electron chi connectivity index (χ3n) is 3.70. The Morgan fingerprint density at radius 3 is 2.96 bits per heavy atom. The van der Waals surface area contributed by atoms with Crippen LogP contribution in [-0.2, 0) is 20.9 Å². The minimum Gasteiger partial charge on any atom is -0.481 e. The highest BCUT2D eigenvalue weighted by molar-refractivity contribution is 6.06. The zero-order chi connectivity index (χ0) is 17.3. The molecule has 1 aromatic carbocycles. The number of carboxylic acid groups (broad SMARTS) is 1. The van der Waals surface area contributed by atoms with Crippen LogP contribution in [0.3, 0.4) is 0 Å². The number of hydrogen-bond donors (Lipinski definition) is 2. The Morgan fingerprint density at radius 1 is 1.42 bits per heavy atom. The molecule has 1 aromatic rings. The number of hydrogen-bond acceptors (Lipinski definition) is 6. The van der Waals surface area contributed by atoms with Gasteiger partial charge in [-0.3, -0.25) is 19.7 Å². The van der Waals surface area contributed by atoms with Crippen molar-refractivity contribution < 1.29 is 24.2 Å². The van der Waals surface area contributed by atoms with Crippen LogP contribution >= 0.6 is 0 Å². The van der Waals surface area contributed by atoms with E-state index in [0.717, 1.165) is 10.5 Å². The molecule has 9 heteroatoms. The highest BCUT2D eigenvalue weighted by Crippen LogP contribution is 2.35. The molecule has 2 heterocycles. The van der Waals surface area contributed by atoms with Crippen LogP contribution in [0.1, 0.15) is 5.56 Å². The number of amides is 2. The van der Waals surface area contributed by atoms with Crippen molar-refractivity contribution in [3.63, 3.8) is 0 Å². The summed E-state index contributed by atoms with van der Waals surface area (Å²) in [7, 11) is 1.40. The molecule has 126 valence electrons. The zero-order valence-corrected chi connectivity index (χ0v) is 13.0. The summed E-state index contributed by atoms with van der Waals surface area (Å²) >= 11 is 0. The van der Waals surface area contributed by atoms with Gasteiger partial charge in [-0.05, 0) is 6.07 Å². The van der Waals surface area contributed by atoms with Crippen LogP contribution < -0.4 is 10.1 Å². The number of aliphatic imine (C=N–C) groups is 1. The molecule has 0 aromatic heterocycles. The molecule has 2 aliphatic rings. The molecule has 1 saturated heterocycles. The number of fused-ring (bicyclic) bond motifs is 2. The maximum absolute atomic E-state index is 11.9. The van der Waals surface area contributed by atoms with E-state index < -0.39 is 18.4 Å². The lowest BCUT2D eigenvalue weighted by atomic mass is 10.1. The first kappa shape index (κ1) is 15.8. The van der Waals surface area contributed by atoms with Crippen molar-refractivity contribution in [3.05, 3.63) is 23.8 Å². The van der Waals surface area contributed by atoms with Crippen molar-refractivity contribution in [1.82, 2.24) is 15.1 Å². The van der Waals surface area contributed by atoms with E-state index in [4.69, 9.17) is 9.84 Å². The molecule has 0 saturated carbocycles. The Labute approximate surface area is 137 Å². The molecular weight excluding hydrogens is 316 g/mol. The van der Waals surface area contributed by atoms with Crippen molar-refractivity contribution in [3.8, 4) is 5.75 Å². The predicted molar refractivity (Wildman–Crippen MR) is 82.9 cm³/mol. The molecule has 2 aliphatic heterocycles. The van der Waals surface area contributed by atoms with Gasteiger partial charge in [0.1, 0.15) is 24.5 Å². The molecule has 9 nitrogen and oxygen atoms in total. The number of rotatable bonds is 5. The molecule has 1 fully saturated rings. The second-order valence-electron chi connectivity index (χ2n) is 5.54. The SMILES string of the molecule is CN(CC(=O)O)C(=O)COc1cccc2c1N=C1NC(=O)CN1C2. The Balaban J connectivity index is 1.73. The number of carboxylic acids is 1. The number of para-hydroxylation sites is 1. The Kier molecular flexibility index (Phi) is 4.07. The summed E-state index contributed by atoms with van der Waals surface area (Å²) in [4.78, 5) is 41.3. The molecule has 0 radical (unpaired) electrons. The van der Waals surface area contributed by atoms with E-state index in [-0.39, 0.29) is 19.1 Å². The third kappa shape index (κ3) is 3.14. The number of nitrogens with zero attached hydrogens (tertiary/aromatic N) is 3. The number of aliphatic carboxylic acids is 1. The van der Waals surface area contributed by atoms with Gasteiger partial charge in [-0.1, -0.05) is 12.1 Å². The predicted octanol–water partition coefficient (Wildman–Crippen LogP) is -0.459. The first-order chi connectivity index (χ1) is 11.4. The largest absolute Gasteiger partial charge is 0.481 e. The van der Waals surface area contributed by atoms with E-state index in [1.54, 1.807) is 12.1 Å². The van der Waals surface area contributed by atoms with E-state index >= 15 is 0 Å². The van der Waals surface area contributed by atoms with Gasteiger partial charge in [0, 0.05) is 19.2 Å². The minimum atomic E-state index is -1.09. The molecule has 0 unspecified atom stereocenters. The van der Waals surface area contributed by atoms with E-state index in [9.17, 15) is 14.4 Å². The summed E-state index contributed by atoms with van der Waals surface area (Å²) in [6.45, 7) is 0.109. The molecular formula is C15H16N4O5. The van der Waals surface area contributed by atoms with Gasteiger partial charge in [0.2, 0.25) is 11.9 Å². The summed E-state index contributed by atoms with van der Waals surface area (Å²) in [5.74, 6) is -0.772. The Morgan fingerprint density at radius 2 is 2.21 bits per heavy atom. The fourth-order valence-electron chi connectivity index (χ4n) is 2.51. The van der Waals surface area contributed by atoms with Crippen LogP contribution in [0.4, 0.5) is 5.69 Å². The van der Waals surface area contributed by atoms with Gasteiger partial charge in [-0.25, -0.2) is 4.99 Å². The second kappa shape index (κ2) is 6.19. The van der Waals surface area contributed by atoms with E-state index in [0.29, 0.717) is 23.9 Å². The Bertz CT molecular complexity index is 745. The normalized spacial score (nSPS) is 15.1. The lowest BCUT2D eigenvalue weighted by molar-refractivity contribution is -0.144. The van der Waals surface area contributed by atoms with Gasteiger partial charge < -0.3 is 19.6 Å². The second-order valence-corrected chi connectivity index (χ2v) is 5.54. The number of benzene rings is 1. The Hall–Kier alpha value is -3.10. The highest BCUT2D eigenvalue weighted by Gasteiger charge is 2.30. The number of ether oxygens (including phenoxy) is 1. The van der Waals surface area contributed by atoms with Crippen molar-refractivity contribution in [1.29, 1.82) is 0 Å². The van der Waals surface area contributed by atoms with E-state index in [1.807, 2.05) is 11.0 Å². The van der Waals surface area contributed by atoms with Crippen LogP contribution in [0, 0.1) is 0 Å². The quantitative estimate of drug-likeness (QED) is 0.755. The average Bonchev–Trinajstić information content (AvgIpc) is 2.88. The highest BCUT2D eigenvalue weighted by atomic mass is 16.5. The van der Waals surface area contributed by atoms with Gasteiger partial charge in [-0.15, -0.1) is 0 Å². The topological polar surface area (TPSA) is 112 Å². The summed E-state index contributed by atoms with van der Waals surface area (Å²) in [6, 6.07) is 5.34.